The molecule has 0 aromatic heterocycles. The highest BCUT2D eigenvalue weighted by Gasteiger charge is 2.34. The van der Waals surface area contributed by atoms with Gasteiger partial charge < -0.3 is 0 Å². The Bertz CT molecular complexity index is 339. The second-order valence-electron chi connectivity index (χ2n) is 4.02. The van der Waals surface area contributed by atoms with Gasteiger partial charge in [-0.25, -0.2) is 0 Å². The van der Waals surface area contributed by atoms with Gasteiger partial charge in [-0.1, -0.05) is 63.5 Å². The van der Waals surface area contributed by atoms with Crippen molar-refractivity contribution in [1.29, 1.82) is 0 Å². The first-order valence-electron chi connectivity index (χ1n) is 6.16. The molecule has 0 spiro atoms. The van der Waals surface area contributed by atoms with Crippen molar-refractivity contribution in [3.8, 4) is 0 Å². The summed E-state index contributed by atoms with van der Waals surface area (Å²) >= 11 is 0. The minimum absolute atomic E-state index is 0.838. The average molecular weight is 214 g/mol. The second kappa shape index (κ2) is 6.32. The van der Waals surface area contributed by atoms with Crippen LogP contribution >= 0.6 is 0 Å². The molecule has 0 radical (unpaired) electrons. The molecule has 0 bridgehead atoms. The molecule has 0 aromatic carbocycles. The predicted octanol–water partition coefficient (Wildman–Crippen LogP) is 4.83. The van der Waals surface area contributed by atoms with E-state index in [2.05, 4.69) is 31.4 Å². The van der Waals surface area contributed by atoms with Crippen LogP contribution in [0.2, 0.25) is 0 Å². The quantitative estimate of drug-likeness (QED) is 0.588. The molecule has 2 aliphatic rings. The summed E-state index contributed by atoms with van der Waals surface area (Å²) in [5.41, 5.74) is 2.67. The lowest BCUT2D eigenvalue weighted by atomic mass is 9.99. The number of hydrogen-bond donors (Lipinski definition) is 0. The summed E-state index contributed by atoms with van der Waals surface area (Å²) in [6.07, 6.45) is 15.1. The lowest BCUT2D eigenvalue weighted by Gasteiger charge is -2.06. The van der Waals surface area contributed by atoms with Gasteiger partial charge in [-0.3, -0.25) is 0 Å². The van der Waals surface area contributed by atoms with E-state index in [0.717, 1.165) is 18.3 Å². The van der Waals surface area contributed by atoms with Crippen LogP contribution in [0.5, 0.6) is 0 Å². The third-order valence-electron chi connectivity index (χ3n) is 2.88. The maximum atomic E-state index is 3.81. The van der Waals surface area contributed by atoms with Gasteiger partial charge in [-0.2, -0.15) is 0 Å². The van der Waals surface area contributed by atoms with Gasteiger partial charge in [0.05, 0.1) is 0 Å². The summed E-state index contributed by atoms with van der Waals surface area (Å²) in [5.74, 6) is 1.69. The Labute approximate surface area is 99.8 Å². The van der Waals surface area contributed by atoms with Gasteiger partial charge in [-0.15, -0.1) is 0 Å². The van der Waals surface area contributed by atoms with E-state index >= 15 is 0 Å². The number of hydrogen-bond acceptors (Lipinski definition) is 0. The molecule has 1 fully saturated rings. The summed E-state index contributed by atoms with van der Waals surface area (Å²) in [5, 5.41) is 0. The zero-order valence-corrected chi connectivity index (χ0v) is 10.4. The van der Waals surface area contributed by atoms with Gasteiger partial charge in [0.15, 0.2) is 0 Å². The van der Waals surface area contributed by atoms with E-state index in [9.17, 15) is 0 Å². The zero-order valence-electron chi connectivity index (χ0n) is 10.4. The molecule has 2 unspecified atom stereocenters. The SMILES string of the molecule is C=C/C=C(\C=C)CC1=CC2CC2C=C1.CC. The fourth-order valence-corrected chi connectivity index (χ4v) is 1.93. The smallest absolute Gasteiger partial charge is 0.00292 e. The summed E-state index contributed by atoms with van der Waals surface area (Å²) in [4.78, 5) is 0. The van der Waals surface area contributed by atoms with Crippen LogP contribution in [0.15, 0.2) is 60.8 Å². The lowest BCUT2D eigenvalue weighted by molar-refractivity contribution is 0.949. The van der Waals surface area contributed by atoms with Crippen LogP contribution in [0, 0.1) is 11.8 Å². The molecule has 0 amide bonds. The van der Waals surface area contributed by atoms with Crippen LogP contribution in [-0.4, -0.2) is 0 Å². The van der Waals surface area contributed by atoms with Gasteiger partial charge in [0, 0.05) is 0 Å². The molecule has 2 atom stereocenters. The zero-order chi connectivity index (χ0) is 12.0. The van der Waals surface area contributed by atoms with Gasteiger partial charge in [0.25, 0.3) is 0 Å². The van der Waals surface area contributed by atoms with Gasteiger partial charge in [-0.05, 0) is 35.8 Å². The standard InChI is InChI=1S/C14H16.C2H6/c1-3-5-11(4-2)8-12-6-7-13-10-14(13)9-12;1-2/h3-7,9,13-14H,1-2,8,10H2;1-2H3/b11-5+;. The van der Waals surface area contributed by atoms with Gasteiger partial charge in [0.1, 0.15) is 0 Å². The maximum Gasteiger partial charge on any atom is -0.00292 e. The van der Waals surface area contributed by atoms with Gasteiger partial charge in [0.2, 0.25) is 0 Å². The first kappa shape index (κ1) is 12.8. The second-order valence-corrected chi connectivity index (χ2v) is 4.02. The Morgan fingerprint density at radius 3 is 2.69 bits per heavy atom. The third kappa shape index (κ3) is 3.37. The van der Waals surface area contributed by atoms with Crippen LogP contribution in [0.1, 0.15) is 26.7 Å². The van der Waals surface area contributed by atoms with Crippen LogP contribution < -0.4 is 0 Å². The molecule has 0 aromatic rings. The van der Waals surface area contributed by atoms with E-state index in [1.807, 2.05) is 32.1 Å². The number of rotatable bonds is 4. The molecule has 0 heterocycles. The molecule has 0 nitrogen and oxygen atoms in total. The predicted molar refractivity (Wildman–Crippen MR) is 73.3 cm³/mol. The Morgan fingerprint density at radius 1 is 1.38 bits per heavy atom. The van der Waals surface area contributed by atoms with E-state index in [1.165, 1.54) is 17.6 Å². The minimum atomic E-state index is 0.838. The molecular formula is C16H22. The monoisotopic (exact) mass is 214 g/mol. The summed E-state index contributed by atoms with van der Waals surface area (Å²) in [6, 6.07) is 0. The molecule has 1 saturated carbocycles. The topological polar surface area (TPSA) is 0 Å². The van der Waals surface area contributed by atoms with E-state index in [-0.39, 0.29) is 0 Å². The molecule has 0 saturated heterocycles. The van der Waals surface area contributed by atoms with Crippen LogP contribution in [0.3, 0.4) is 0 Å². The molecule has 16 heavy (non-hydrogen) atoms. The van der Waals surface area contributed by atoms with Crippen molar-refractivity contribution in [2.24, 2.45) is 11.8 Å². The van der Waals surface area contributed by atoms with Gasteiger partial charge >= 0.3 is 0 Å². The van der Waals surface area contributed by atoms with Crippen LogP contribution in [0.4, 0.5) is 0 Å². The highest BCUT2D eigenvalue weighted by Crippen LogP contribution is 2.44. The summed E-state index contributed by atoms with van der Waals surface area (Å²) in [7, 11) is 0. The minimum Gasteiger partial charge on any atom is -0.0991 e. The van der Waals surface area contributed by atoms with Crippen molar-refractivity contribution in [1.82, 2.24) is 0 Å². The van der Waals surface area contributed by atoms with E-state index in [1.54, 1.807) is 0 Å². The number of allylic oxidation sites excluding steroid dienone is 8. The number of fused-ring (bicyclic) bond motifs is 1. The fourth-order valence-electron chi connectivity index (χ4n) is 1.93. The highest BCUT2D eigenvalue weighted by atomic mass is 14.4. The lowest BCUT2D eigenvalue weighted by Crippen LogP contribution is -1.89. The van der Waals surface area contributed by atoms with Crippen molar-refractivity contribution in [3.05, 3.63) is 60.8 Å². The first-order chi connectivity index (χ1) is 7.83. The summed E-state index contributed by atoms with van der Waals surface area (Å²) < 4.78 is 0. The van der Waals surface area contributed by atoms with Crippen LogP contribution in [0.25, 0.3) is 0 Å². The van der Waals surface area contributed by atoms with Crippen molar-refractivity contribution in [2.45, 2.75) is 26.7 Å². The molecule has 0 aliphatic heterocycles. The van der Waals surface area contributed by atoms with Crippen molar-refractivity contribution >= 4 is 0 Å². The maximum absolute atomic E-state index is 3.81. The largest absolute Gasteiger partial charge is 0.0991 e. The highest BCUT2D eigenvalue weighted by molar-refractivity contribution is 5.37. The van der Waals surface area contributed by atoms with Crippen molar-refractivity contribution in [3.63, 3.8) is 0 Å². The van der Waals surface area contributed by atoms with E-state index in [4.69, 9.17) is 0 Å². The first-order valence-corrected chi connectivity index (χ1v) is 6.16. The van der Waals surface area contributed by atoms with E-state index in [0.29, 0.717) is 0 Å². The Hall–Kier alpha value is -1.30. The van der Waals surface area contributed by atoms with Crippen molar-refractivity contribution in [2.75, 3.05) is 0 Å². The molecule has 2 aliphatic carbocycles. The Kier molecular flexibility index (Phi) is 5.04. The molecule has 0 heteroatoms. The molecule has 2 rings (SSSR count). The summed E-state index contributed by atoms with van der Waals surface area (Å²) in [6.45, 7) is 11.5. The van der Waals surface area contributed by atoms with Crippen molar-refractivity contribution < 1.29 is 0 Å². The van der Waals surface area contributed by atoms with Crippen LogP contribution in [-0.2, 0) is 0 Å². The third-order valence-corrected chi connectivity index (χ3v) is 2.88. The Morgan fingerprint density at radius 2 is 2.12 bits per heavy atom. The van der Waals surface area contributed by atoms with E-state index < -0.39 is 0 Å². The molecule has 0 N–H and O–H groups in total. The fraction of sp³-hybridized carbons (Fsp3) is 0.375. The Balaban J connectivity index is 0.000000606. The molecule has 86 valence electrons. The molecular weight excluding hydrogens is 192 g/mol. The normalized spacial score (nSPS) is 25.9. The average Bonchev–Trinajstić information content (AvgIpc) is 3.09.